The van der Waals surface area contributed by atoms with Gasteiger partial charge in [-0.25, -0.2) is 4.39 Å². The van der Waals surface area contributed by atoms with Crippen LogP contribution in [-0.4, -0.2) is 37.2 Å². The lowest BCUT2D eigenvalue weighted by Crippen LogP contribution is -2.45. The first-order chi connectivity index (χ1) is 8.61. The second-order valence-electron chi connectivity index (χ2n) is 4.30. The molecule has 0 radical (unpaired) electrons. The van der Waals surface area contributed by atoms with Crippen molar-refractivity contribution < 1.29 is 9.13 Å². The fourth-order valence-corrected chi connectivity index (χ4v) is 2.39. The maximum absolute atomic E-state index is 13.2. The molecule has 0 saturated carbocycles. The fraction of sp³-hybridized carbons (Fsp3) is 0.500. The van der Waals surface area contributed by atoms with Crippen LogP contribution in [0, 0.1) is 5.82 Å². The van der Waals surface area contributed by atoms with Crippen LogP contribution in [0.1, 0.15) is 5.56 Å². The number of hydrogen-bond donors (Lipinski definition) is 1. The molecule has 1 aromatic rings. The fourth-order valence-electron chi connectivity index (χ4n) is 2.00. The Morgan fingerprint density at radius 2 is 2.17 bits per heavy atom. The molecule has 1 aliphatic heterocycles. The smallest absolute Gasteiger partial charge is 0.143 e. The zero-order valence-corrected chi connectivity index (χ0v) is 11.3. The number of nitrogens with two attached hydrogens (primary N) is 1. The van der Waals surface area contributed by atoms with Gasteiger partial charge in [-0.3, -0.25) is 4.90 Å². The van der Waals surface area contributed by atoms with Crippen molar-refractivity contribution >= 4 is 23.2 Å². The molecule has 0 spiro atoms. The molecule has 1 fully saturated rings. The van der Waals surface area contributed by atoms with E-state index in [4.69, 9.17) is 33.7 Å². The first-order valence-corrected chi connectivity index (χ1v) is 6.53. The topological polar surface area (TPSA) is 38.5 Å². The van der Waals surface area contributed by atoms with Gasteiger partial charge in [0, 0.05) is 26.2 Å². The van der Waals surface area contributed by atoms with E-state index in [9.17, 15) is 4.39 Å². The third kappa shape index (κ3) is 3.13. The van der Waals surface area contributed by atoms with Gasteiger partial charge in [0.1, 0.15) is 5.82 Å². The molecule has 0 bridgehead atoms. The SMILES string of the molecule is NCC1CN(Cc2ccc(F)c(Cl)c2Cl)CCO1. The minimum absolute atomic E-state index is 0.0159. The molecule has 1 unspecified atom stereocenters. The van der Waals surface area contributed by atoms with Crippen LogP contribution in [0.3, 0.4) is 0 Å². The Kier molecular flexibility index (Phi) is 4.81. The highest BCUT2D eigenvalue weighted by atomic mass is 35.5. The largest absolute Gasteiger partial charge is 0.374 e. The van der Waals surface area contributed by atoms with Crippen molar-refractivity contribution in [3.05, 3.63) is 33.6 Å². The van der Waals surface area contributed by atoms with Crippen molar-refractivity contribution in [2.75, 3.05) is 26.2 Å². The van der Waals surface area contributed by atoms with E-state index in [0.29, 0.717) is 19.7 Å². The van der Waals surface area contributed by atoms with E-state index < -0.39 is 5.82 Å². The molecular formula is C12H15Cl2FN2O. The molecule has 2 N–H and O–H groups in total. The summed E-state index contributed by atoms with van der Waals surface area (Å²) in [4.78, 5) is 2.18. The van der Waals surface area contributed by atoms with Crippen molar-refractivity contribution in [1.82, 2.24) is 4.90 Å². The molecule has 1 heterocycles. The average Bonchev–Trinajstić information content (AvgIpc) is 2.40. The Morgan fingerprint density at radius 1 is 1.39 bits per heavy atom. The van der Waals surface area contributed by atoms with E-state index in [1.54, 1.807) is 6.07 Å². The standard InChI is InChI=1S/C12H15Cl2FN2O/c13-11-8(1-2-10(15)12(11)14)6-17-3-4-18-9(5-16)7-17/h1-2,9H,3-7,16H2. The molecule has 18 heavy (non-hydrogen) atoms. The van der Waals surface area contributed by atoms with Gasteiger partial charge < -0.3 is 10.5 Å². The van der Waals surface area contributed by atoms with Crippen LogP contribution < -0.4 is 5.73 Å². The van der Waals surface area contributed by atoms with Gasteiger partial charge in [0.15, 0.2) is 0 Å². The van der Waals surface area contributed by atoms with Crippen molar-refractivity contribution in [2.24, 2.45) is 5.73 Å². The van der Waals surface area contributed by atoms with Crippen LogP contribution >= 0.6 is 23.2 Å². The van der Waals surface area contributed by atoms with Gasteiger partial charge in [0.25, 0.3) is 0 Å². The predicted octanol–water partition coefficient (Wildman–Crippen LogP) is 2.29. The lowest BCUT2D eigenvalue weighted by Gasteiger charge is -2.32. The molecule has 6 heteroatoms. The monoisotopic (exact) mass is 292 g/mol. The summed E-state index contributed by atoms with van der Waals surface area (Å²) >= 11 is 11.8. The summed E-state index contributed by atoms with van der Waals surface area (Å²) in [6.45, 7) is 3.32. The first-order valence-electron chi connectivity index (χ1n) is 5.78. The molecule has 1 saturated heterocycles. The van der Waals surface area contributed by atoms with E-state index in [0.717, 1.165) is 18.7 Å². The summed E-state index contributed by atoms with van der Waals surface area (Å²) in [5, 5.41) is 0.269. The summed E-state index contributed by atoms with van der Waals surface area (Å²) in [5.74, 6) is -0.493. The number of halogens is 3. The molecule has 3 nitrogen and oxygen atoms in total. The summed E-state index contributed by atoms with van der Waals surface area (Å²) in [5.41, 5.74) is 6.40. The average molecular weight is 293 g/mol. The van der Waals surface area contributed by atoms with Gasteiger partial charge >= 0.3 is 0 Å². The predicted molar refractivity (Wildman–Crippen MR) is 70.5 cm³/mol. The molecule has 0 aliphatic carbocycles. The van der Waals surface area contributed by atoms with Gasteiger partial charge in [0.05, 0.1) is 22.8 Å². The summed E-state index contributed by atoms with van der Waals surface area (Å²) < 4.78 is 18.7. The van der Waals surface area contributed by atoms with Crippen LogP contribution in [-0.2, 0) is 11.3 Å². The highest BCUT2D eigenvalue weighted by molar-refractivity contribution is 6.42. The van der Waals surface area contributed by atoms with Crippen LogP contribution in [0.4, 0.5) is 4.39 Å². The van der Waals surface area contributed by atoms with Crippen molar-refractivity contribution in [3.63, 3.8) is 0 Å². The van der Waals surface area contributed by atoms with Crippen molar-refractivity contribution in [1.29, 1.82) is 0 Å². The van der Waals surface area contributed by atoms with Crippen LogP contribution in [0.15, 0.2) is 12.1 Å². The summed E-state index contributed by atoms with van der Waals surface area (Å²) in [7, 11) is 0. The van der Waals surface area contributed by atoms with Gasteiger partial charge in [-0.05, 0) is 11.6 Å². The zero-order valence-electron chi connectivity index (χ0n) is 9.83. The Labute approximate surface area is 116 Å². The van der Waals surface area contributed by atoms with Gasteiger partial charge in [-0.1, -0.05) is 29.3 Å². The summed E-state index contributed by atoms with van der Waals surface area (Å²) in [6.07, 6.45) is 0.0495. The molecule has 1 atom stereocenters. The Bertz CT molecular complexity index is 431. The zero-order chi connectivity index (χ0) is 13.1. The number of rotatable bonds is 3. The van der Waals surface area contributed by atoms with Crippen LogP contribution in [0.25, 0.3) is 0 Å². The van der Waals surface area contributed by atoms with Gasteiger partial charge in [0.2, 0.25) is 0 Å². The normalized spacial score (nSPS) is 21.2. The lowest BCUT2D eigenvalue weighted by atomic mass is 10.2. The number of hydrogen-bond acceptors (Lipinski definition) is 3. The van der Waals surface area contributed by atoms with E-state index >= 15 is 0 Å². The molecule has 100 valence electrons. The van der Waals surface area contributed by atoms with E-state index in [2.05, 4.69) is 4.90 Å². The maximum atomic E-state index is 13.2. The highest BCUT2D eigenvalue weighted by Crippen LogP contribution is 2.29. The Balaban J connectivity index is 2.07. The van der Waals surface area contributed by atoms with E-state index in [1.165, 1.54) is 6.07 Å². The quantitative estimate of drug-likeness (QED) is 0.869. The Hall–Kier alpha value is -0.390. The van der Waals surface area contributed by atoms with E-state index in [1.807, 2.05) is 0 Å². The Morgan fingerprint density at radius 3 is 2.89 bits per heavy atom. The number of nitrogens with zero attached hydrogens (tertiary/aromatic N) is 1. The maximum Gasteiger partial charge on any atom is 0.143 e. The van der Waals surface area contributed by atoms with E-state index in [-0.39, 0.29) is 16.1 Å². The molecule has 0 amide bonds. The highest BCUT2D eigenvalue weighted by Gasteiger charge is 2.20. The van der Waals surface area contributed by atoms with Crippen LogP contribution in [0.2, 0.25) is 10.0 Å². The first kappa shape index (κ1) is 14.0. The molecule has 1 aromatic carbocycles. The minimum atomic E-state index is -0.493. The lowest BCUT2D eigenvalue weighted by molar-refractivity contribution is -0.0260. The number of benzene rings is 1. The third-order valence-corrected chi connectivity index (χ3v) is 3.89. The minimum Gasteiger partial charge on any atom is -0.374 e. The second-order valence-corrected chi connectivity index (χ2v) is 5.05. The molecule has 0 aromatic heterocycles. The molecule has 1 aliphatic rings. The number of morpholine rings is 1. The van der Waals surface area contributed by atoms with Crippen molar-refractivity contribution in [3.8, 4) is 0 Å². The third-order valence-electron chi connectivity index (χ3n) is 2.99. The summed E-state index contributed by atoms with van der Waals surface area (Å²) in [6, 6.07) is 3.00. The van der Waals surface area contributed by atoms with Gasteiger partial charge in [-0.15, -0.1) is 0 Å². The number of ether oxygens (including phenoxy) is 1. The second kappa shape index (κ2) is 6.17. The van der Waals surface area contributed by atoms with Crippen molar-refractivity contribution in [2.45, 2.75) is 12.6 Å². The molecular weight excluding hydrogens is 278 g/mol. The molecule has 2 rings (SSSR count). The van der Waals surface area contributed by atoms with Gasteiger partial charge in [-0.2, -0.15) is 0 Å². The van der Waals surface area contributed by atoms with Crippen LogP contribution in [0.5, 0.6) is 0 Å².